The molecule has 9 heavy (non-hydrogen) atoms. The summed E-state index contributed by atoms with van der Waals surface area (Å²) in [5.74, 6) is -0.0611. The average molecular weight is 152 g/mol. The second-order valence-electron chi connectivity index (χ2n) is 1.73. The van der Waals surface area contributed by atoms with Crippen LogP contribution in [0.2, 0.25) is 0 Å². The van der Waals surface area contributed by atoms with Crippen molar-refractivity contribution in [3.05, 3.63) is 0 Å². The second-order valence-corrected chi connectivity index (χ2v) is 2.03. The van der Waals surface area contributed by atoms with Crippen LogP contribution in [0.4, 0.5) is 0 Å². The number of carbonyl (C=O) groups is 1. The van der Waals surface area contributed by atoms with E-state index in [9.17, 15) is 4.79 Å². The first-order chi connectivity index (χ1) is 4.22. The molecule has 0 aromatic heterocycles. The molecule has 0 spiro atoms. The SMILES string of the molecule is CONC(=O)C(C)CCl. The maximum absolute atomic E-state index is 10.7. The minimum absolute atomic E-state index is 0.187. The first-order valence-electron chi connectivity index (χ1n) is 2.61. The van der Waals surface area contributed by atoms with Gasteiger partial charge in [0.1, 0.15) is 0 Å². The molecule has 0 radical (unpaired) electrons. The fourth-order valence-corrected chi connectivity index (χ4v) is 0.411. The van der Waals surface area contributed by atoms with Gasteiger partial charge in [0.15, 0.2) is 0 Å². The third-order valence-electron chi connectivity index (χ3n) is 0.882. The molecule has 3 nitrogen and oxygen atoms in total. The Hall–Kier alpha value is -0.280. The molecule has 0 aliphatic rings. The number of nitrogens with one attached hydrogen (secondary N) is 1. The maximum atomic E-state index is 10.7. The van der Waals surface area contributed by atoms with Crippen molar-refractivity contribution in [2.45, 2.75) is 6.92 Å². The van der Waals surface area contributed by atoms with E-state index >= 15 is 0 Å². The van der Waals surface area contributed by atoms with E-state index in [1.165, 1.54) is 7.11 Å². The number of hydrogen-bond donors (Lipinski definition) is 1. The Labute approximate surface area is 59.3 Å². The highest BCUT2D eigenvalue weighted by Gasteiger charge is 2.09. The van der Waals surface area contributed by atoms with Gasteiger partial charge in [-0.2, -0.15) is 0 Å². The van der Waals surface area contributed by atoms with Crippen LogP contribution in [-0.2, 0) is 9.63 Å². The van der Waals surface area contributed by atoms with E-state index in [4.69, 9.17) is 11.6 Å². The van der Waals surface area contributed by atoms with Gasteiger partial charge in [-0.15, -0.1) is 11.6 Å². The van der Waals surface area contributed by atoms with Crippen molar-refractivity contribution in [1.82, 2.24) is 5.48 Å². The Morgan fingerprint density at radius 1 is 1.89 bits per heavy atom. The summed E-state index contributed by atoms with van der Waals surface area (Å²) in [4.78, 5) is 15.0. The van der Waals surface area contributed by atoms with Gasteiger partial charge in [-0.25, -0.2) is 5.48 Å². The van der Waals surface area contributed by atoms with Crippen molar-refractivity contribution in [2.75, 3.05) is 13.0 Å². The van der Waals surface area contributed by atoms with Gasteiger partial charge in [0.2, 0.25) is 5.91 Å². The number of rotatable bonds is 3. The summed E-state index contributed by atoms with van der Waals surface area (Å²) in [5.41, 5.74) is 2.17. The van der Waals surface area contributed by atoms with E-state index < -0.39 is 0 Å². The van der Waals surface area contributed by atoms with Gasteiger partial charge in [-0.05, 0) is 0 Å². The monoisotopic (exact) mass is 151 g/mol. The lowest BCUT2D eigenvalue weighted by Gasteiger charge is -2.04. The van der Waals surface area contributed by atoms with E-state index in [-0.39, 0.29) is 11.8 Å². The lowest BCUT2D eigenvalue weighted by atomic mass is 10.2. The fourth-order valence-electron chi connectivity index (χ4n) is 0.271. The predicted molar refractivity (Wildman–Crippen MR) is 35.0 cm³/mol. The molecule has 0 aromatic carbocycles. The molecule has 0 heterocycles. The van der Waals surface area contributed by atoms with E-state index in [1.807, 2.05) is 0 Å². The van der Waals surface area contributed by atoms with Gasteiger partial charge >= 0.3 is 0 Å². The Bertz CT molecular complexity index is 97.0. The molecule has 0 aromatic rings. The number of hydroxylamine groups is 1. The Kier molecular flexibility index (Phi) is 4.44. The van der Waals surface area contributed by atoms with E-state index in [0.717, 1.165) is 0 Å². The van der Waals surface area contributed by atoms with Crippen molar-refractivity contribution < 1.29 is 9.63 Å². The van der Waals surface area contributed by atoms with Crippen LogP contribution in [0.1, 0.15) is 6.92 Å². The summed E-state index contributed by atoms with van der Waals surface area (Å²) >= 11 is 5.37. The Balaban J connectivity index is 3.46. The van der Waals surface area contributed by atoms with E-state index in [1.54, 1.807) is 6.92 Å². The first kappa shape index (κ1) is 8.72. The van der Waals surface area contributed by atoms with Crippen LogP contribution in [0, 0.1) is 5.92 Å². The molecule has 0 fully saturated rings. The van der Waals surface area contributed by atoms with Crippen molar-refractivity contribution in [3.63, 3.8) is 0 Å². The minimum Gasteiger partial charge on any atom is -0.277 e. The summed E-state index contributed by atoms with van der Waals surface area (Å²) in [6.07, 6.45) is 0. The van der Waals surface area contributed by atoms with Gasteiger partial charge in [0.05, 0.1) is 13.0 Å². The van der Waals surface area contributed by atoms with Gasteiger partial charge in [0, 0.05) is 5.88 Å². The molecule has 4 heteroatoms. The molecule has 0 rings (SSSR count). The molecule has 1 atom stereocenters. The van der Waals surface area contributed by atoms with E-state index in [2.05, 4.69) is 10.3 Å². The van der Waals surface area contributed by atoms with Gasteiger partial charge in [-0.3, -0.25) is 9.63 Å². The summed E-state index contributed by atoms with van der Waals surface area (Å²) in [7, 11) is 1.39. The van der Waals surface area contributed by atoms with Crippen LogP contribution < -0.4 is 5.48 Å². The van der Waals surface area contributed by atoms with Crippen LogP contribution in [0.3, 0.4) is 0 Å². The van der Waals surface area contributed by atoms with Crippen LogP contribution in [0.15, 0.2) is 0 Å². The zero-order valence-corrected chi connectivity index (χ0v) is 6.23. The maximum Gasteiger partial charge on any atom is 0.247 e. The molecule has 0 saturated heterocycles. The highest BCUT2D eigenvalue weighted by molar-refractivity contribution is 6.19. The minimum atomic E-state index is -0.188. The highest BCUT2D eigenvalue weighted by atomic mass is 35.5. The molecule has 54 valence electrons. The zero-order chi connectivity index (χ0) is 7.28. The van der Waals surface area contributed by atoms with Crippen molar-refractivity contribution in [3.8, 4) is 0 Å². The van der Waals surface area contributed by atoms with E-state index in [0.29, 0.717) is 5.88 Å². The molecule has 0 aliphatic carbocycles. The average Bonchev–Trinajstić information content (AvgIpc) is 1.87. The van der Waals surface area contributed by atoms with Crippen LogP contribution >= 0.6 is 11.6 Å². The third kappa shape index (κ3) is 3.32. The lowest BCUT2D eigenvalue weighted by Crippen LogP contribution is -2.28. The molecule has 0 aliphatic heterocycles. The van der Waals surface area contributed by atoms with Gasteiger partial charge in [-0.1, -0.05) is 6.92 Å². The Morgan fingerprint density at radius 2 is 2.44 bits per heavy atom. The summed E-state index contributed by atoms with van der Waals surface area (Å²) in [5, 5.41) is 0. The first-order valence-corrected chi connectivity index (χ1v) is 3.14. The van der Waals surface area contributed by atoms with Crippen molar-refractivity contribution in [2.24, 2.45) is 5.92 Å². The Morgan fingerprint density at radius 3 is 2.78 bits per heavy atom. The van der Waals surface area contributed by atoms with Crippen molar-refractivity contribution >= 4 is 17.5 Å². The summed E-state index contributed by atoms with van der Waals surface area (Å²) < 4.78 is 0. The van der Waals surface area contributed by atoms with Gasteiger partial charge in [0.25, 0.3) is 0 Å². The topological polar surface area (TPSA) is 38.3 Å². The molecular weight excluding hydrogens is 142 g/mol. The molecule has 0 bridgehead atoms. The van der Waals surface area contributed by atoms with Crippen molar-refractivity contribution in [1.29, 1.82) is 0 Å². The quantitative estimate of drug-likeness (QED) is 0.472. The number of carbonyl (C=O) groups excluding carboxylic acids is 1. The molecule has 1 amide bonds. The standard InChI is InChI=1S/C5H10ClNO2/c1-4(3-6)5(8)7-9-2/h4H,3H2,1-2H3,(H,7,8). The molecule has 0 saturated carbocycles. The molecular formula is C5H10ClNO2. The summed E-state index contributed by atoms with van der Waals surface area (Å²) in [6, 6.07) is 0. The number of amides is 1. The van der Waals surface area contributed by atoms with Crippen LogP contribution in [0.25, 0.3) is 0 Å². The van der Waals surface area contributed by atoms with Crippen LogP contribution in [0.5, 0.6) is 0 Å². The zero-order valence-electron chi connectivity index (χ0n) is 5.48. The smallest absolute Gasteiger partial charge is 0.247 e. The number of alkyl halides is 1. The lowest BCUT2D eigenvalue weighted by molar-refractivity contribution is -0.134. The third-order valence-corrected chi connectivity index (χ3v) is 1.34. The number of halogens is 1. The molecule has 1 unspecified atom stereocenters. The summed E-state index contributed by atoms with van der Waals surface area (Å²) in [6.45, 7) is 1.72. The number of hydrogen-bond acceptors (Lipinski definition) is 2. The van der Waals surface area contributed by atoms with Crippen LogP contribution in [-0.4, -0.2) is 18.9 Å². The molecule has 1 N–H and O–H groups in total. The second kappa shape index (κ2) is 4.58. The predicted octanol–water partition coefficient (Wildman–Crippen LogP) is 0.539. The fraction of sp³-hybridized carbons (Fsp3) is 0.800. The van der Waals surface area contributed by atoms with Gasteiger partial charge < -0.3 is 0 Å². The highest BCUT2D eigenvalue weighted by Crippen LogP contribution is 1.96. The largest absolute Gasteiger partial charge is 0.277 e. The normalized spacial score (nSPS) is 12.8.